The minimum absolute atomic E-state index is 0.0610. The zero-order chi connectivity index (χ0) is 29.8. The van der Waals surface area contributed by atoms with Gasteiger partial charge in [-0.2, -0.15) is 21.6 Å². The molecule has 10 heteroatoms. The summed E-state index contributed by atoms with van der Waals surface area (Å²) in [5.74, 6) is 0.358. The first-order valence-corrected chi connectivity index (χ1v) is 14.4. The van der Waals surface area contributed by atoms with E-state index in [1.165, 1.54) is 12.1 Å². The molecule has 3 aromatic rings. The van der Waals surface area contributed by atoms with Crippen molar-refractivity contribution in [1.29, 1.82) is 0 Å². The van der Waals surface area contributed by atoms with Crippen LogP contribution in [-0.2, 0) is 22.8 Å². The van der Waals surface area contributed by atoms with Gasteiger partial charge in [0, 0.05) is 18.3 Å². The number of para-hydroxylation sites is 1. The Morgan fingerprint density at radius 1 is 0.875 bits per heavy atom. The first-order valence-electron chi connectivity index (χ1n) is 13.0. The number of nitrogens with zero attached hydrogens (tertiary/aromatic N) is 1. The average Bonchev–Trinajstić information content (AvgIpc) is 2.87. The predicted molar refractivity (Wildman–Crippen MR) is 150 cm³/mol. The number of halogens is 3. The van der Waals surface area contributed by atoms with E-state index in [4.69, 9.17) is 4.18 Å². The lowest BCUT2D eigenvalue weighted by atomic mass is 9.92. The fraction of sp³-hybridized carbons (Fsp3) is 0.367. The van der Waals surface area contributed by atoms with Gasteiger partial charge in [-0.05, 0) is 72.7 Å². The van der Waals surface area contributed by atoms with Crippen LogP contribution in [0.25, 0.3) is 0 Å². The Balaban J connectivity index is 1.78. The van der Waals surface area contributed by atoms with E-state index in [1.54, 1.807) is 17.0 Å². The van der Waals surface area contributed by atoms with Crippen molar-refractivity contribution in [3.8, 4) is 5.75 Å². The molecule has 40 heavy (non-hydrogen) atoms. The molecule has 6 nitrogen and oxygen atoms in total. The first kappa shape index (κ1) is 31.0. The van der Waals surface area contributed by atoms with Gasteiger partial charge in [0.1, 0.15) is 10.6 Å². The molecule has 3 rings (SSSR count). The van der Waals surface area contributed by atoms with E-state index in [1.807, 2.05) is 32.0 Å². The summed E-state index contributed by atoms with van der Waals surface area (Å²) in [6.07, 6.45) is -4.69. The molecule has 1 N–H and O–H groups in total. The molecule has 0 spiro atoms. The summed E-state index contributed by atoms with van der Waals surface area (Å²) in [6.45, 7) is 12.3. The monoisotopic (exact) mass is 576 g/mol. The van der Waals surface area contributed by atoms with E-state index in [0.717, 1.165) is 35.0 Å². The van der Waals surface area contributed by atoms with Crippen LogP contribution in [0.15, 0.2) is 71.6 Å². The largest absolute Gasteiger partial charge is 0.416 e. The maximum absolute atomic E-state index is 13.4. The van der Waals surface area contributed by atoms with Crippen molar-refractivity contribution < 1.29 is 30.6 Å². The van der Waals surface area contributed by atoms with Gasteiger partial charge in [0.05, 0.1) is 5.56 Å². The van der Waals surface area contributed by atoms with E-state index in [0.29, 0.717) is 11.6 Å². The number of carbonyl (C=O) groups is 1. The van der Waals surface area contributed by atoms with Crippen molar-refractivity contribution in [1.82, 2.24) is 4.90 Å². The molecule has 3 aromatic carbocycles. The van der Waals surface area contributed by atoms with Gasteiger partial charge in [0.15, 0.2) is 0 Å². The lowest BCUT2D eigenvalue weighted by molar-refractivity contribution is -0.137. The molecule has 0 saturated carbocycles. The van der Waals surface area contributed by atoms with Crippen molar-refractivity contribution in [3.05, 3.63) is 89.0 Å². The first-order chi connectivity index (χ1) is 18.6. The molecule has 2 amide bonds. The zero-order valence-corrected chi connectivity index (χ0v) is 24.2. The smallest absolute Gasteiger partial charge is 0.379 e. The average molecular weight is 577 g/mol. The molecule has 0 fully saturated rings. The number of hydrogen-bond donors (Lipinski definition) is 1. The van der Waals surface area contributed by atoms with Crippen LogP contribution in [0.2, 0.25) is 0 Å². The Morgan fingerprint density at radius 3 is 1.93 bits per heavy atom. The Morgan fingerprint density at radius 2 is 1.43 bits per heavy atom. The van der Waals surface area contributed by atoms with Crippen LogP contribution in [0.5, 0.6) is 5.75 Å². The number of amides is 2. The number of urea groups is 1. The second-order valence-corrected chi connectivity index (χ2v) is 12.0. The Bertz CT molecular complexity index is 1410. The fourth-order valence-electron chi connectivity index (χ4n) is 4.21. The van der Waals surface area contributed by atoms with Gasteiger partial charge in [-0.25, -0.2) is 4.79 Å². The minimum Gasteiger partial charge on any atom is -0.379 e. The molecule has 0 aliphatic rings. The number of carbonyl (C=O) groups excluding carboxylic acids is 1. The van der Waals surface area contributed by atoms with Crippen molar-refractivity contribution in [2.45, 2.75) is 77.0 Å². The number of nitrogens with one attached hydrogen (secondary N) is 1. The van der Waals surface area contributed by atoms with Crippen LogP contribution in [0, 0.1) is 0 Å². The van der Waals surface area contributed by atoms with Crippen LogP contribution in [0.4, 0.5) is 23.7 Å². The number of rotatable bonds is 9. The summed E-state index contributed by atoms with van der Waals surface area (Å²) in [7, 11) is -4.49. The second kappa shape index (κ2) is 12.3. The minimum atomic E-state index is -4.69. The highest BCUT2D eigenvalue weighted by Gasteiger charge is 2.32. The molecule has 0 aliphatic carbocycles. The predicted octanol–water partition coefficient (Wildman–Crippen LogP) is 8.16. The lowest BCUT2D eigenvalue weighted by Gasteiger charge is -2.29. The van der Waals surface area contributed by atoms with Gasteiger partial charge in [0.2, 0.25) is 0 Å². The number of hydrogen-bond acceptors (Lipinski definition) is 4. The van der Waals surface area contributed by atoms with Crippen molar-refractivity contribution in [2.24, 2.45) is 0 Å². The van der Waals surface area contributed by atoms with Crippen LogP contribution in [0.3, 0.4) is 0 Å². The summed E-state index contributed by atoms with van der Waals surface area (Å²) in [5, 5.41) is 3.12. The van der Waals surface area contributed by atoms with E-state index in [9.17, 15) is 26.4 Å². The topological polar surface area (TPSA) is 75.7 Å². The third-order valence-electron chi connectivity index (χ3n) is 6.42. The molecule has 0 aliphatic heterocycles. The second-order valence-electron chi connectivity index (χ2n) is 10.5. The summed E-state index contributed by atoms with van der Waals surface area (Å²) >= 11 is 0. The SMILES string of the molecule is CC(C)c1cccc(C(C)C)c1NC(=O)N(Cc1ccc(OS(=O)(=O)c2cccc(C(F)(F)F)c2)cc1)C(C)C. The van der Waals surface area contributed by atoms with E-state index in [-0.39, 0.29) is 36.2 Å². The van der Waals surface area contributed by atoms with Crippen molar-refractivity contribution in [3.63, 3.8) is 0 Å². The Hall–Kier alpha value is -3.53. The van der Waals surface area contributed by atoms with Crippen molar-refractivity contribution in [2.75, 3.05) is 5.32 Å². The normalized spacial score (nSPS) is 12.2. The fourth-order valence-corrected chi connectivity index (χ4v) is 5.19. The van der Waals surface area contributed by atoms with E-state index < -0.39 is 26.8 Å². The molecular formula is C30H35F3N2O4S. The molecule has 216 valence electrons. The Kier molecular flexibility index (Phi) is 9.56. The molecule has 0 unspecified atom stereocenters. The molecule has 0 radical (unpaired) electrons. The van der Waals surface area contributed by atoms with Crippen molar-refractivity contribution >= 4 is 21.8 Å². The molecular weight excluding hydrogens is 541 g/mol. The third kappa shape index (κ3) is 7.56. The van der Waals surface area contributed by atoms with Gasteiger partial charge >= 0.3 is 22.3 Å². The van der Waals surface area contributed by atoms with E-state index in [2.05, 4.69) is 33.0 Å². The highest BCUT2D eigenvalue weighted by Crippen LogP contribution is 2.33. The number of anilines is 1. The summed E-state index contributed by atoms with van der Waals surface area (Å²) in [6, 6.07) is 15.0. The van der Waals surface area contributed by atoms with Gasteiger partial charge in [-0.3, -0.25) is 0 Å². The summed E-state index contributed by atoms with van der Waals surface area (Å²) in [4.78, 5) is 14.5. The molecule has 0 bridgehead atoms. The van der Waals surface area contributed by atoms with Gasteiger partial charge in [-0.1, -0.05) is 64.1 Å². The number of benzene rings is 3. The van der Waals surface area contributed by atoms with Crippen LogP contribution >= 0.6 is 0 Å². The maximum Gasteiger partial charge on any atom is 0.416 e. The highest BCUT2D eigenvalue weighted by atomic mass is 32.2. The number of alkyl halides is 3. The standard InChI is InChI=1S/C30H35F3N2O4S/c1-19(2)26-11-8-12-27(20(3)4)28(26)34-29(36)35(21(5)6)18-22-13-15-24(16-14-22)39-40(37,38)25-10-7-9-23(17-25)30(31,32)33/h7-17,19-21H,18H2,1-6H3,(H,34,36). The van der Waals surface area contributed by atoms with E-state index >= 15 is 0 Å². The highest BCUT2D eigenvalue weighted by molar-refractivity contribution is 7.87. The Labute approximate surface area is 234 Å². The quantitative estimate of drug-likeness (QED) is 0.261. The van der Waals surface area contributed by atoms with Crippen LogP contribution < -0.4 is 9.50 Å². The molecule has 0 atom stereocenters. The van der Waals surface area contributed by atoms with Gasteiger partial charge < -0.3 is 14.4 Å². The van der Waals surface area contributed by atoms with Crippen LogP contribution in [-0.4, -0.2) is 25.4 Å². The maximum atomic E-state index is 13.4. The molecule has 0 heterocycles. The molecule has 0 aromatic heterocycles. The lowest BCUT2D eigenvalue weighted by Crippen LogP contribution is -2.39. The van der Waals surface area contributed by atoms with Crippen LogP contribution in [0.1, 0.15) is 75.6 Å². The molecule has 0 saturated heterocycles. The van der Waals surface area contributed by atoms with Gasteiger partial charge in [0.25, 0.3) is 0 Å². The van der Waals surface area contributed by atoms with Gasteiger partial charge in [-0.15, -0.1) is 0 Å². The third-order valence-corrected chi connectivity index (χ3v) is 7.66. The summed E-state index contributed by atoms with van der Waals surface area (Å²) < 4.78 is 69.3. The summed E-state index contributed by atoms with van der Waals surface area (Å²) in [5.41, 5.74) is 2.54. The zero-order valence-electron chi connectivity index (χ0n) is 23.4.